The van der Waals surface area contributed by atoms with Gasteiger partial charge >= 0.3 is 0 Å². The van der Waals surface area contributed by atoms with Crippen molar-refractivity contribution >= 4 is 11.6 Å². The van der Waals surface area contributed by atoms with Crippen LogP contribution in [0.15, 0.2) is 42.6 Å². The van der Waals surface area contributed by atoms with Gasteiger partial charge in [-0.3, -0.25) is 4.90 Å². The number of rotatable bonds is 4. The van der Waals surface area contributed by atoms with Crippen LogP contribution in [-0.2, 0) is 19.5 Å². The number of aromatic nitrogens is 2. The van der Waals surface area contributed by atoms with E-state index in [2.05, 4.69) is 9.97 Å². The number of ether oxygens (including phenoxy) is 1. The molecule has 0 bridgehead atoms. The summed E-state index contributed by atoms with van der Waals surface area (Å²) in [6.07, 6.45) is 2.48. The van der Waals surface area contributed by atoms with E-state index in [4.69, 9.17) is 16.3 Å². The fourth-order valence-electron chi connectivity index (χ4n) is 3.32. The predicted octanol–water partition coefficient (Wildman–Crippen LogP) is 4.64. The number of fused-ring (bicyclic) bond motifs is 1. The lowest BCUT2D eigenvalue weighted by Crippen LogP contribution is -2.31. The molecule has 0 saturated carbocycles. The third-order valence-corrected chi connectivity index (χ3v) is 5.10. The molecule has 0 saturated heterocycles. The van der Waals surface area contributed by atoms with Crippen LogP contribution in [-0.4, -0.2) is 28.5 Å². The summed E-state index contributed by atoms with van der Waals surface area (Å²) in [4.78, 5) is 11.1. The lowest BCUT2D eigenvalue weighted by atomic mass is 10.1. The van der Waals surface area contributed by atoms with Gasteiger partial charge in [-0.2, -0.15) is 0 Å². The maximum Gasteiger partial charge on any atom is 0.159 e. The Bertz CT molecular complexity index is 988. The SMILES string of the molecule is COc1cc(F)c(CN2CCc3nc(-c4ccc(Cl)cc4)ncc3C2)c(F)c1. The van der Waals surface area contributed by atoms with E-state index in [1.54, 1.807) is 18.3 Å². The highest BCUT2D eigenvalue weighted by atomic mass is 35.5. The fourth-order valence-corrected chi connectivity index (χ4v) is 3.45. The molecule has 0 radical (unpaired) electrons. The molecule has 1 aromatic heterocycles. The van der Waals surface area contributed by atoms with Crippen molar-refractivity contribution in [2.75, 3.05) is 13.7 Å². The number of hydrogen-bond donors (Lipinski definition) is 0. The minimum atomic E-state index is -0.600. The first kappa shape index (κ1) is 18.8. The number of nitrogens with zero attached hydrogens (tertiary/aromatic N) is 3. The third kappa shape index (κ3) is 3.84. The second kappa shape index (κ2) is 7.81. The van der Waals surface area contributed by atoms with E-state index in [0.717, 1.165) is 16.8 Å². The van der Waals surface area contributed by atoms with Gasteiger partial charge in [0.1, 0.15) is 17.4 Å². The van der Waals surface area contributed by atoms with E-state index in [0.29, 0.717) is 30.4 Å². The maximum absolute atomic E-state index is 14.2. The number of benzene rings is 2. The molecule has 0 unspecified atom stereocenters. The molecule has 0 spiro atoms. The van der Waals surface area contributed by atoms with Gasteiger partial charge in [-0.25, -0.2) is 18.7 Å². The lowest BCUT2D eigenvalue weighted by Gasteiger charge is -2.28. The summed E-state index contributed by atoms with van der Waals surface area (Å²) >= 11 is 5.93. The van der Waals surface area contributed by atoms with Crippen molar-refractivity contribution in [1.29, 1.82) is 0 Å². The summed E-state index contributed by atoms with van der Waals surface area (Å²) < 4.78 is 33.4. The van der Waals surface area contributed by atoms with Crippen LogP contribution in [0.5, 0.6) is 5.75 Å². The molecule has 0 atom stereocenters. The molecule has 2 aromatic carbocycles. The molecule has 144 valence electrons. The summed E-state index contributed by atoms with van der Waals surface area (Å²) in [6, 6.07) is 9.79. The topological polar surface area (TPSA) is 38.2 Å². The zero-order valence-electron chi connectivity index (χ0n) is 15.3. The predicted molar refractivity (Wildman–Crippen MR) is 103 cm³/mol. The van der Waals surface area contributed by atoms with Crippen LogP contribution >= 0.6 is 11.6 Å². The van der Waals surface area contributed by atoms with Gasteiger partial charge in [0.2, 0.25) is 0 Å². The van der Waals surface area contributed by atoms with E-state index >= 15 is 0 Å². The number of hydrogen-bond acceptors (Lipinski definition) is 4. The fraction of sp³-hybridized carbons (Fsp3) is 0.238. The molecule has 4 rings (SSSR count). The molecule has 28 heavy (non-hydrogen) atoms. The first-order valence-electron chi connectivity index (χ1n) is 8.88. The molecule has 0 amide bonds. The second-order valence-corrected chi connectivity index (χ2v) is 7.14. The molecule has 2 heterocycles. The minimum Gasteiger partial charge on any atom is -0.497 e. The third-order valence-electron chi connectivity index (χ3n) is 4.85. The number of methoxy groups -OCH3 is 1. The molecule has 0 N–H and O–H groups in total. The Morgan fingerprint density at radius 3 is 2.54 bits per heavy atom. The Hall–Kier alpha value is -2.57. The second-order valence-electron chi connectivity index (χ2n) is 6.70. The number of halogens is 3. The Morgan fingerprint density at radius 1 is 1.14 bits per heavy atom. The lowest BCUT2D eigenvalue weighted by molar-refractivity contribution is 0.235. The standard InChI is InChI=1S/C21H18ClF2N3O/c1-28-16-8-18(23)17(19(24)9-16)12-27-7-6-20-14(11-27)10-25-21(26-20)13-2-4-15(22)5-3-13/h2-5,8-10H,6-7,11-12H2,1H3. The smallest absolute Gasteiger partial charge is 0.159 e. The molecule has 0 fully saturated rings. The van der Waals surface area contributed by atoms with Crippen molar-refractivity contribution in [3.8, 4) is 17.1 Å². The molecule has 7 heteroatoms. The zero-order chi connectivity index (χ0) is 19.7. The Balaban J connectivity index is 1.52. The zero-order valence-corrected chi connectivity index (χ0v) is 16.0. The highest BCUT2D eigenvalue weighted by Crippen LogP contribution is 2.26. The van der Waals surface area contributed by atoms with E-state index in [9.17, 15) is 8.78 Å². The van der Waals surface area contributed by atoms with Crippen LogP contribution in [0.3, 0.4) is 0 Å². The minimum absolute atomic E-state index is 0.0444. The molecule has 0 aliphatic carbocycles. The van der Waals surface area contributed by atoms with E-state index < -0.39 is 11.6 Å². The quantitative estimate of drug-likeness (QED) is 0.638. The van der Waals surface area contributed by atoms with Gasteiger partial charge in [0, 0.05) is 66.1 Å². The van der Waals surface area contributed by atoms with Crippen molar-refractivity contribution in [3.63, 3.8) is 0 Å². The summed E-state index contributed by atoms with van der Waals surface area (Å²) in [5, 5.41) is 0.662. The van der Waals surface area contributed by atoms with Crippen molar-refractivity contribution < 1.29 is 13.5 Å². The molecular weight excluding hydrogens is 384 g/mol. The van der Waals surface area contributed by atoms with Crippen LogP contribution in [0.25, 0.3) is 11.4 Å². The first-order valence-corrected chi connectivity index (χ1v) is 9.26. The van der Waals surface area contributed by atoms with Crippen LogP contribution in [0.2, 0.25) is 5.02 Å². The van der Waals surface area contributed by atoms with Gasteiger partial charge < -0.3 is 4.74 Å². The molecule has 1 aliphatic heterocycles. The monoisotopic (exact) mass is 401 g/mol. The van der Waals surface area contributed by atoms with Gasteiger partial charge in [-0.1, -0.05) is 11.6 Å². The highest BCUT2D eigenvalue weighted by molar-refractivity contribution is 6.30. The first-order chi connectivity index (χ1) is 13.5. The Morgan fingerprint density at radius 2 is 1.86 bits per heavy atom. The van der Waals surface area contributed by atoms with Gasteiger partial charge in [0.05, 0.1) is 12.8 Å². The van der Waals surface area contributed by atoms with Crippen LogP contribution in [0.4, 0.5) is 8.78 Å². The summed E-state index contributed by atoms with van der Waals surface area (Å²) in [5.74, 6) is -0.379. The largest absolute Gasteiger partial charge is 0.497 e. The van der Waals surface area contributed by atoms with E-state index in [1.165, 1.54) is 19.2 Å². The highest BCUT2D eigenvalue weighted by Gasteiger charge is 2.22. The van der Waals surface area contributed by atoms with Crippen molar-refractivity contribution in [2.24, 2.45) is 0 Å². The molecule has 1 aliphatic rings. The van der Waals surface area contributed by atoms with Gasteiger partial charge in [0.15, 0.2) is 5.82 Å². The summed E-state index contributed by atoms with van der Waals surface area (Å²) in [6.45, 7) is 1.39. The van der Waals surface area contributed by atoms with E-state index in [1.807, 2.05) is 17.0 Å². The molecule has 4 nitrogen and oxygen atoms in total. The van der Waals surface area contributed by atoms with Crippen LogP contribution < -0.4 is 4.74 Å². The van der Waals surface area contributed by atoms with Crippen molar-refractivity contribution in [1.82, 2.24) is 14.9 Å². The van der Waals surface area contributed by atoms with Gasteiger partial charge in [0.25, 0.3) is 0 Å². The van der Waals surface area contributed by atoms with Crippen LogP contribution in [0.1, 0.15) is 16.8 Å². The molecule has 3 aromatic rings. The average Bonchev–Trinajstić information content (AvgIpc) is 2.70. The Kier molecular flexibility index (Phi) is 5.24. The van der Waals surface area contributed by atoms with Gasteiger partial charge in [-0.05, 0) is 24.3 Å². The molecular formula is C21H18ClF2N3O. The Labute approximate surface area is 166 Å². The normalized spacial score (nSPS) is 14.0. The summed E-state index contributed by atoms with van der Waals surface area (Å²) in [7, 11) is 1.38. The van der Waals surface area contributed by atoms with Crippen LogP contribution in [0, 0.1) is 11.6 Å². The van der Waals surface area contributed by atoms with Crippen molar-refractivity contribution in [3.05, 3.63) is 76.1 Å². The average molecular weight is 402 g/mol. The van der Waals surface area contributed by atoms with Gasteiger partial charge in [-0.15, -0.1) is 0 Å². The van der Waals surface area contributed by atoms with Crippen molar-refractivity contribution in [2.45, 2.75) is 19.5 Å². The van der Waals surface area contributed by atoms with E-state index in [-0.39, 0.29) is 17.9 Å². The summed E-state index contributed by atoms with van der Waals surface area (Å²) in [5.41, 5.74) is 2.88. The maximum atomic E-state index is 14.2.